The molecule has 0 fully saturated rings. The monoisotopic (exact) mass is 311 g/mol. The molecule has 5 nitrogen and oxygen atoms in total. The quantitative estimate of drug-likeness (QED) is 0.889. The van der Waals surface area contributed by atoms with E-state index in [1.54, 1.807) is 18.2 Å². The molecule has 0 saturated heterocycles. The zero-order valence-electron chi connectivity index (χ0n) is 10.7. The fourth-order valence-electron chi connectivity index (χ4n) is 1.64. The first kappa shape index (κ1) is 14.5. The number of sulfonamides is 1. The van der Waals surface area contributed by atoms with Crippen molar-refractivity contribution >= 4 is 33.0 Å². The van der Waals surface area contributed by atoms with Gasteiger partial charge in [0.05, 0.1) is 0 Å². The lowest BCUT2D eigenvalue weighted by Gasteiger charge is -2.07. The SMILES string of the molecule is CCc1cccc(NS(=O)(=O)c2ccc(C(=O)O)s2)c1. The lowest BCUT2D eigenvalue weighted by Crippen LogP contribution is -2.11. The van der Waals surface area contributed by atoms with Crippen LogP contribution in [0.3, 0.4) is 0 Å². The van der Waals surface area contributed by atoms with Crippen LogP contribution >= 0.6 is 11.3 Å². The van der Waals surface area contributed by atoms with Crippen LogP contribution in [0.4, 0.5) is 5.69 Å². The second-order valence-electron chi connectivity index (χ2n) is 4.08. The Balaban J connectivity index is 2.27. The minimum absolute atomic E-state index is 0.00677. The van der Waals surface area contributed by atoms with Crippen LogP contribution in [0.2, 0.25) is 0 Å². The molecule has 0 saturated carbocycles. The molecular formula is C13H13NO4S2. The van der Waals surface area contributed by atoms with Crippen molar-refractivity contribution in [2.75, 3.05) is 4.72 Å². The van der Waals surface area contributed by atoms with E-state index >= 15 is 0 Å². The molecule has 2 rings (SSSR count). The average Bonchev–Trinajstić information content (AvgIpc) is 2.89. The molecule has 1 aromatic carbocycles. The molecule has 1 aromatic heterocycles. The Labute approximate surface area is 120 Å². The van der Waals surface area contributed by atoms with Gasteiger partial charge in [-0.1, -0.05) is 19.1 Å². The van der Waals surface area contributed by atoms with Gasteiger partial charge >= 0.3 is 5.97 Å². The van der Waals surface area contributed by atoms with Crippen LogP contribution in [0.15, 0.2) is 40.6 Å². The van der Waals surface area contributed by atoms with Crippen molar-refractivity contribution in [2.45, 2.75) is 17.6 Å². The molecule has 0 aliphatic carbocycles. The Hall–Kier alpha value is -1.86. The van der Waals surface area contributed by atoms with Crippen LogP contribution in [0.25, 0.3) is 0 Å². The summed E-state index contributed by atoms with van der Waals surface area (Å²) in [4.78, 5) is 10.8. The maximum Gasteiger partial charge on any atom is 0.345 e. The number of carbonyl (C=O) groups is 1. The molecule has 0 atom stereocenters. The van der Waals surface area contributed by atoms with E-state index in [4.69, 9.17) is 5.11 Å². The summed E-state index contributed by atoms with van der Waals surface area (Å²) in [6.07, 6.45) is 0.803. The normalized spacial score (nSPS) is 11.2. The van der Waals surface area contributed by atoms with E-state index in [2.05, 4.69) is 4.72 Å². The number of benzene rings is 1. The fourth-order valence-corrected chi connectivity index (χ4v) is 3.83. The van der Waals surface area contributed by atoms with E-state index < -0.39 is 16.0 Å². The lowest BCUT2D eigenvalue weighted by molar-refractivity contribution is 0.0702. The molecule has 0 radical (unpaired) electrons. The Bertz CT molecular complexity index is 734. The van der Waals surface area contributed by atoms with Gasteiger partial charge in [-0.2, -0.15) is 0 Å². The van der Waals surface area contributed by atoms with Gasteiger partial charge in [0.2, 0.25) is 0 Å². The number of aromatic carboxylic acids is 1. The number of carboxylic acids is 1. The third kappa shape index (κ3) is 3.17. The predicted molar refractivity (Wildman–Crippen MR) is 77.9 cm³/mol. The number of rotatable bonds is 5. The Morgan fingerprint density at radius 3 is 2.65 bits per heavy atom. The van der Waals surface area contributed by atoms with Gasteiger partial charge in [0.1, 0.15) is 9.09 Å². The Morgan fingerprint density at radius 2 is 2.05 bits per heavy atom. The third-order valence-electron chi connectivity index (χ3n) is 2.64. The van der Waals surface area contributed by atoms with Gasteiger partial charge in [0.25, 0.3) is 10.0 Å². The number of nitrogens with one attached hydrogen (secondary N) is 1. The third-order valence-corrected chi connectivity index (χ3v) is 5.59. The largest absolute Gasteiger partial charge is 0.477 e. The number of thiophene rings is 1. The Morgan fingerprint density at radius 1 is 1.30 bits per heavy atom. The van der Waals surface area contributed by atoms with Crippen molar-refractivity contribution in [2.24, 2.45) is 0 Å². The number of carboxylic acid groups (broad SMARTS) is 1. The molecule has 0 aliphatic heterocycles. The van der Waals surface area contributed by atoms with E-state index in [1.165, 1.54) is 12.1 Å². The molecule has 0 spiro atoms. The van der Waals surface area contributed by atoms with Gasteiger partial charge < -0.3 is 5.11 Å². The van der Waals surface area contributed by atoms with Crippen LogP contribution in [0, 0.1) is 0 Å². The summed E-state index contributed by atoms with van der Waals surface area (Å²) in [5, 5.41) is 8.82. The summed E-state index contributed by atoms with van der Waals surface area (Å²) in [7, 11) is -3.75. The molecule has 0 bridgehead atoms. The van der Waals surface area contributed by atoms with E-state index in [0.717, 1.165) is 23.3 Å². The molecular weight excluding hydrogens is 298 g/mol. The van der Waals surface area contributed by atoms with Crippen molar-refractivity contribution in [3.05, 3.63) is 46.8 Å². The van der Waals surface area contributed by atoms with Crippen LogP contribution < -0.4 is 4.72 Å². The first-order valence-corrected chi connectivity index (χ1v) is 8.17. The van der Waals surface area contributed by atoms with Crippen LogP contribution in [0.5, 0.6) is 0 Å². The van der Waals surface area contributed by atoms with E-state index in [-0.39, 0.29) is 9.09 Å². The minimum Gasteiger partial charge on any atom is -0.477 e. The molecule has 20 heavy (non-hydrogen) atoms. The first-order chi connectivity index (χ1) is 9.42. The van der Waals surface area contributed by atoms with Gasteiger partial charge in [0.15, 0.2) is 0 Å². The zero-order chi connectivity index (χ0) is 14.8. The van der Waals surface area contributed by atoms with Crippen molar-refractivity contribution in [1.82, 2.24) is 0 Å². The highest BCUT2D eigenvalue weighted by Gasteiger charge is 2.19. The summed E-state index contributed by atoms with van der Waals surface area (Å²) in [5.41, 5.74) is 1.48. The van der Waals surface area contributed by atoms with E-state index in [0.29, 0.717) is 5.69 Å². The van der Waals surface area contributed by atoms with Crippen molar-refractivity contribution < 1.29 is 18.3 Å². The van der Waals surface area contributed by atoms with E-state index in [9.17, 15) is 13.2 Å². The second kappa shape index (κ2) is 5.64. The summed E-state index contributed by atoms with van der Waals surface area (Å²) in [6.45, 7) is 1.98. The predicted octanol–water partition coefficient (Wildman–Crippen LogP) is 2.81. The molecule has 0 unspecified atom stereocenters. The van der Waals surface area contributed by atoms with Gasteiger partial charge in [-0.3, -0.25) is 4.72 Å². The summed E-state index contributed by atoms with van der Waals surface area (Å²) >= 11 is 0.727. The topological polar surface area (TPSA) is 83.5 Å². The number of hydrogen-bond donors (Lipinski definition) is 2. The summed E-state index contributed by atoms with van der Waals surface area (Å²) < 4.78 is 26.7. The van der Waals surface area contributed by atoms with E-state index in [1.807, 2.05) is 13.0 Å². The minimum atomic E-state index is -3.75. The molecule has 2 N–H and O–H groups in total. The van der Waals surface area contributed by atoms with Crippen LogP contribution in [-0.2, 0) is 16.4 Å². The summed E-state index contributed by atoms with van der Waals surface area (Å²) in [6, 6.07) is 9.66. The Kier molecular flexibility index (Phi) is 4.10. The molecule has 0 amide bonds. The number of anilines is 1. The lowest BCUT2D eigenvalue weighted by atomic mass is 10.1. The van der Waals surface area contributed by atoms with Crippen LogP contribution in [-0.4, -0.2) is 19.5 Å². The van der Waals surface area contributed by atoms with Gasteiger partial charge in [-0.25, -0.2) is 13.2 Å². The van der Waals surface area contributed by atoms with Crippen molar-refractivity contribution in [3.63, 3.8) is 0 Å². The molecule has 2 aromatic rings. The molecule has 0 aliphatic rings. The van der Waals surface area contributed by atoms with Gasteiger partial charge in [0, 0.05) is 5.69 Å². The fraction of sp³-hybridized carbons (Fsp3) is 0.154. The van der Waals surface area contributed by atoms with Crippen LogP contribution in [0.1, 0.15) is 22.2 Å². The number of hydrogen-bond acceptors (Lipinski definition) is 4. The number of aryl methyl sites for hydroxylation is 1. The van der Waals surface area contributed by atoms with Crippen molar-refractivity contribution in [1.29, 1.82) is 0 Å². The highest BCUT2D eigenvalue weighted by molar-refractivity contribution is 7.94. The zero-order valence-corrected chi connectivity index (χ0v) is 12.3. The molecule has 106 valence electrons. The molecule has 7 heteroatoms. The maximum atomic E-state index is 12.1. The molecule has 1 heterocycles. The average molecular weight is 311 g/mol. The first-order valence-electron chi connectivity index (χ1n) is 5.87. The summed E-state index contributed by atoms with van der Waals surface area (Å²) in [5.74, 6) is -1.13. The van der Waals surface area contributed by atoms with Gasteiger partial charge in [-0.15, -0.1) is 11.3 Å². The standard InChI is InChI=1S/C13H13NO4S2/c1-2-9-4-3-5-10(8-9)14-20(17,18)12-7-6-11(19-12)13(15)16/h3-8,14H,2H2,1H3,(H,15,16). The highest BCUT2D eigenvalue weighted by atomic mass is 32.2. The smallest absolute Gasteiger partial charge is 0.345 e. The van der Waals surface area contributed by atoms with Gasteiger partial charge in [-0.05, 0) is 36.2 Å². The second-order valence-corrected chi connectivity index (χ2v) is 7.08. The van der Waals surface area contributed by atoms with Crippen molar-refractivity contribution in [3.8, 4) is 0 Å². The highest BCUT2D eigenvalue weighted by Crippen LogP contribution is 2.24. The maximum absolute atomic E-state index is 12.1.